The van der Waals surface area contributed by atoms with E-state index in [-0.39, 0.29) is 12.0 Å². The van der Waals surface area contributed by atoms with Crippen molar-refractivity contribution >= 4 is 11.6 Å². The molecule has 2 heterocycles. The first-order chi connectivity index (χ1) is 9.15. The monoisotopic (exact) mass is 284 g/mol. The first kappa shape index (κ1) is 13.0. The molecule has 1 N–H and O–H groups in total. The summed E-state index contributed by atoms with van der Waals surface area (Å²) >= 11 is 6.23. The Kier molecular flexibility index (Phi) is 3.56. The molecule has 19 heavy (non-hydrogen) atoms. The summed E-state index contributed by atoms with van der Waals surface area (Å²) in [5.74, 6) is 1.37. The van der Waals surface area contributed by atoms with Crippen LogP contribution in [-0.2, 0) is 4.74 Å². The van der Waals surface area contributed by atoms with E-state index in [0.29, 0.717) is 41.9 Å². The van der Waals surface area contributed by atoms with Gasteiger partial charge >= 0.3 is 0 Å². The first-order valence-electron chi connectivity index (χ1n) is 6.54. The molecule has 5 heteroatoms. The molecule has 1 aromatic rings. The molecule has 104 valence electrons. The van der Waals surface area contributed by atoms with Crippen LogP contribution in [0.3, 0.4) is 0 Å². The number of aliphatic hydroxyl groups is 1. The minimum atomic E-state index is -0.631. The zero-order valence-electron chi connectivity index (χ0n) is 10.8. The number of hydrogen-bond acceptors (Lipinski definition) is 4. The zero-order valence-corrected chi connectivity index (χ0v) is 11.5. The summed E-state index contributed by atoms with van der Waals surface area (Å²) < 4.78 is 16.5. The average molecular weight is 285 g/mol. The van der Waals surface area contributed by atoms with Gasteiger partial charge in [-0.15, -0.1) is 0 Å². The van der Waals surface area contributed by atoms with Crippen LogP contribution >= 0.6 is 11.6 Å². The highest BCUT2D eigenvalue weighted by atomic mass is 35.5. The Bertz CT molecular complexity index is 477. The summed E-state index contributed by atoms with van der Waals surface area (Å²) in [6, 6.07) is 3.50. The number of hydrogen-bond donors (Lipinski definition) is 1. The van der Waals surface area contributed by atoms with Crippen molar-refractivity contribution in [3.63, 3.8) is 0 Å². The number of ether oxygens (including phenoxy) is 3. The lowest BCUT2D eigenvalue weighted by atomic mass is 9.93. The van der Waals surface area contributed by atoms with Crippen LogP contribution in [0.5, 0.6) is 11.5 Å². The molecule has 0 aromatic heterocycles. The summed E-state index contributed by atoms with van der Waals surface area (Å²) in [5.41, 5.74) is 0.689. The highest BCUT2D eigenvalue weighted by molar-refractivity contribution is 6.31. The van der Waals surface area contributed by atoms with Gasteiger partial charge in [-0.2, -0.15) is 0 Å². The van der Waals surface area contributed by atoms with E-state index in [1.54, 1.807) is 12.1 Å². The molecule has 1 saturated heterocycles. The van der Waals surface area contributed by atoms with Gasteiger partial charge in [-0.3, -0.25) is 0 Å². The van der Waals surface area contributed by atoms with E-state index >= 15 is 0 Å². The predicted molar refractivity (Wildman–Crippen MR) is 70.9 cm³/mol. The van der Waals surface area contributed by atoms with Gasteiger partial charge in [0.1, 0.15) is 13.2 Å². The number of fused-ring (bicyclic) bond motifs is 1. The minimum absolute atomic E-state index is 0.0788. The molecule has 0 spiro atoms. The molecule has 1 aromatic carbocycles. The topological polar surface area (TPSA) is 47.9 Å². The van der Waals surface area contributed by atoms with Crippen molar-refractivity contribution in [3.8, 4) is 11.5 Å². The smallest absolute Gasteiger partial charge is 0.162 e. The zero-order chi connectivity index (χ0) is 13.4. The number of aliphatic hydroxyl groups excluding tert-OH is 1. The molecule has 0 aliphatic carbocycles. The van der Waals surface area contributed by atoms with E-state index in [1.165, 1.54) is 0 Å². The van der Waals surface area contributed by atoms with Crippen LogP contribution in [0.1, 0.15) is 25.0 Å². The predicted octanol–water partition coefficient (Wildman–Crippen LogP) is 2.57. The maximum Gasteiger partial charge on any atom is 0.162 e. The number of benzene rings is 1. The van der Waals surface area contributed by atoms with Gasteiger partial charge < -0.3 is 19.3 Å². The van der Waals surface area contributed by atoms with Crippen molar-refractivity contribution in [1.82, 2.24) is 0 Å². The molecule has 3 unspecified atom stereocenters. The second kappa shape index (κ2) is 5.19. The number of halogens is 1. The summed E-state index contributed by atoms with van der Waals surface area (Å²) in [6.07, 6.45) is 0.398. The van der Waals surface area contributed by atoms with E-state index in [0.717, 1.165) is 6.42 Å². The molecule has 0 bridgehead atoms. The van der Waals surface area contributed by atoms with Crippen molar-refractivity contribution in [2.75, 3.05) is 19.8 Å². The van der Waals surface area contributed by atoms with Gasteiger partial charge in [-0.25, -0.2) is 0 Å². The quantitative estimate of drug-likeness (QED) is 0.907. The first-order valence-corrected chi connectivity index (χ1v) is 6.91. The molecule has 0 amide bonds. The maximum atomic E-state index is 10.5. The fraction of sp³-hybridized carbons (Fsp3) is 0.571. The fourth-order valence-electron chi connectivity index (χ4n) is 2.63. The van der Waals surface area contributed by atoms with E-state index in [2.05, 4.69) is 0 Å². The van der Waals surface area contributed by atoms with Crippen LogP contribution in [0.2, 0.25) is 5.02 Å². The van der Waals surface area contributed by atoms with Crippen molar-refractivity contribution in [2.24, 2.45) is 5.92 Å². The summed E-state index contributed by atoms with van der Waals surface area (Å²) in [6.45, 7) is 3.62. The van der Waals surface area contributed by atoms with Crippen LogP contribution < -0.4 is 9.47 Å². The Balaban J connectivity index is 1.87. The molecular weight excluding hydrogens is 268 g/mol. The van der Waals surface area contributed by atoms with Gasteiger partial charge in [0.05, 0.1) is 23.8 Å². The molecule has 0 saturated carbocycles. The molecule has 3 rings (SSSR count). The van der Waals surface area contributed by atoms with E-state index in [1.807, 2.05) is 6.92 Å². The summed E-state index contributed by atoms with van der Waals surface area (Å²) in [7, 11) is 0. The molecule has 1 fully saturated rings. The molecule has 4 nitrogen and oxygen atoms in total. The second-order valence-corrected chi connectivity index (χ2v) is 5.51. The van der Waals surface area contributed by atoms with Gasteiger partial charge in [-0.1, -0.05) is 11.6 Å². The lowest BCUT2D eigenvalue weighted by Gasteiger charge is -2.23. The SMILES string of the molecule is CC1CC(C(O)c2cc3c(cc2Cl)OCCO3)CO1. The lowest BCUT2D eigenvalue weighted by molar-refractivity contribution is 0.0800. The fourth-order valence-corrected chi connectivity index (χ4v) is 2.90. The van der Waals surface area contributed by atoms with Crippen molar-refractivity contribution in [3.05, 3.63) is 22.7 Å². The third-order valence-electron chi connectivity index (χ3n) is 3.66. The minimum Gasteiger partial charge on any atom is -0.486 e. The molecule has 3 atom stereocenters. The molecular formula is C14H17ClO4. The Morgan fingerprint density at radius 1 is 1.26 bits per heavy atom. The van der Waals surface area contributed by atoms with Crippen LogP contribution in [-0.4, -0.2) is 31.0 Å². The molecule has 2 aliphatic heterocycles. The van der Waals surface area contributed by atoms with Crippen LogP contribution in [0.15, 0.2) is 12.1 Å². The maximum absolute atomic E-state index is 10.5. The van der Waals surface area contributed by atoms with Crippen LogP contribution in [0.25, 0.3) is 0 Å². The summed E-state index contributed by atoms with van der Waals surface area (Å²) in [4.78, 5) is 0. The summed E-state index contributed by atoms with van der Waals surface area (Å²) in [5, 5.41) is 11.0. The van der Waals surface area contributed by atoms with Gasteiger partial charge in [0.25, 0.3) is 0 Å². The Labute approximate surface area is 117 Å². The Hall–Kier alpha value is -0.970. The number of rotatable bonds is 2. The van der Waals surface area contributed by atoms with Gasteiger partial charge in [0, 0.05) is 17.5 Å². The highest BCUT2D eigenvalue weighted by Gasteiger charge is 2.31. The van der Waals surface area contributed by atoms with E-state index in [4.69, 9.17) is 25.8 Å². The van der Waals surface area contributed by atoms with Gasteiger partial charge in [0.15, 0.2) is 11.5 Å². The highest BCUT2D eigenvalue weighted by Crippen LogP contribution is 2.41. The van der Waals surface area contributed by atoms with Crippen LogP contribution in [0.4, 0.5) is 0 Å². The molecule has 2 aliphatic rings. The van der Waals surface area contributed by atoms with E-state index in [9.17, 15) is 5.11 Å². The Morgan fingerprint density at radius 3 is 2.58 bits per heavy atom. The van der Waals surface area contributed by atoms with Crippen LogP contribution in [0, 0.1) is 5.92 Å². The third-order valence-corrected chi connectivity index (χ3v) is 3.98. The largest absolute Gasteiger partial charge is 0.486 e. The third kappa shape index (κ3) is 2.53. The second-order valence-electron chi connectivity index (χ2n) is 5.10. The van der Waals surface area contributed by atoms with Gasteiger partial charge in [0.2, 0.25) is 0 Å². The van der Waals surface area contributed by atoms with Crippen molar-refractivity contribution in [1.29, 1.82) is 0 Å². The lowest BCUT2D eigenvalue weighted by Crippen LogP contribution is -2.17. The van der Waals surface area contributed by atoms with E-state index < -0.39 is 6.10 Å². The van der Waals surface area contributed by atoms with Gasteiger partial charge in [-0.05, 0) is 19.4 Å². The van der Waals surface area contributed by atoms with Crippen molar-refractivity contribution < 1.29 is 19.3 Å². The molecule has 0 radical (unpaired) electrons. The van der Waals surface area contributed by atoms with Crippen molar-refractivity contribution in [2.45, 2.75) is 25.6 Å². The average Bonchev–Trinajstić information content (AvgIpc) is 2.84. The standard InChI is InChI=1S/C14H17ClO4/c1-8-4-9(7-19-8)14(16)10-5-12-13(6-11(10)15)18-3-2-17-12/h5-6,8-9,14,16H,2-4,7H2,1H3. The normalized spacial score (nSPS) is 27.3. The Morgan fingerprint density at radius 2 is 1.95 bits per heavy atom.